The van der Waals surface area contributed by atoms with E-state index < -0.39 is 5.54 Å². The van der Waals surface area contributed by atoms with Crippen molar-refractivity contribution in [3.63, 3.8) is 0 Å². The smallest absolute Gasteiger partial charge is 0.276 e. The summed E-state index contributed by atoms with van der Waals surface area (Å²) in [4.78, 5) is 29.1. The number of carbonyl (C=O) groups excluding carboxylic acids is 2. The predicted molar refractivity (Wildman–Crippen MR) is 120 cm³/mol. The lowest BCUT2D eigenvalue weighted by atomic mass is 9.85. The lowest BCUT2D eigenvalue weighted by molar-refractivity contribution is -0.127. The maximum atomic E-state index is 13.8. The Morgan fingerprint density at radius 3 is 2.81 bits per heavy atom. The molecule has 7 heteroatoms. The van der Waals surface area contributed by atoms with Crippen molar-refractivity contribution in [1.29, 1.82) is 0 Å². The maximum Gasteiger partial charge on any atom is 0.276 e. The van der Waals surface area contributed by atoms with Crippen LogP contribution in [0.25, 0.3) is 11.1 Å². The van der Waals surface area contributed by atoms with Crippen LogP contribution in [-0.4, -0.2) is 28.0 Å². The van der Waals surface area contributed by atoms with E-state index >= 15 is 0 Å². The van der Waals surface area contributed by atoms with Crippen molar-refractivity contribution in [2.45, 2.75) is 57.7 Å². The van der Waals surface area contributed by atoms with Crippen LogP contribution in [0.1, 0.15) is 50.0 Å². The van der Waals surface area contributed by atoms with Gasteiger partial charge in [0.2, 0.25) is 5.91 Å². The molecule has 2 amide bonds. The molecule has 2 aromatic heterocycles. The van der Waals surface area contributed by atoms with Crippen molar-refractivity contribution >= 4 is 40.2 Å². The summed E-state index contributed by atoms with van der Waals surface area (Å²) < 4.78 is 7.42. The predicted octanol–water partition coefficient (Wildman–Crippen LogP) is 5.00. The van der Waals surface area contributed by atoms with Crippen LogP contribution in [-0.2, 0) is 11.3 Å². The highest BCUT2D eigenvalue weighted by atomic mass is 35.5. The molecule has 0 bridgehead atoms. The first-order valence-electron chi connectivity index (χ1n) is 10.9. The first kappa shape index (κ1) is 20.2. The zero-order valence-electron chi connectivity index (χ0n) is 17.7. The molecule has 3 aromatic rings. The number of furan rings is 1. The number of hydrogen-bond donors (Lipinski definition) is 1. The highest BCUT2D eigenvalue weighted by molar-refractivity contribution is 6.31. The Hall–Kier alpha value is -2.73. The summed E-state index contributed by atoms with van der Waals surface area (Å²) in [6.45, 7) is 4.35. The molecule has 1 fully saturated rings. The summed E-state index contributed by atoms with van der Waals surface area (Å²) in [5.74, 6) is 0.0350. The molecule has 1 aliphatic heterocycles. The molecule has 162 valence electrons. The topological polar surface area (TPSA) is 67.5 Å². The molecule has 2 aliphatic rings. The zero-order chi connectivity index (χ0) is 21.8. The van der Waals surface area contributed by atoms with Crippen molar-refractivity contribution in [3.8, 4) is 0 Å². The van der Waals surface area contributed by atoms with Gasteiger partial charge >= 0.3 is 0 Å². The minimum absolute atomic E-state index is 0.120. The molecule has 1 aromatic carbocycles. The largest absolute Gasteiger partial charge is 0.463 e. The van der Waals surface area contributed by atoms with Crippen LogP contribution in [0.5, 0.6) is 0 Å². The van der Waals surface area contributed by atoms with Crippen molar-refractivity contribution in [3.05, 3.63) is 53.4 Å². The first-order valence-corrected chi connectivity index (χ1v) is 11.2. The van der Waals surface area contributed by atoms with Gasteiger partial charge in [-0.2, -0.15) is 0 Å². The van der Waals surface area contributed by atoms with E-state index in [9.17, 15) is 9.59 Å². The Morgan fingerprint density at radius 2 is 2.03 bits per heavy atom. The molecule has 6 nitrogen and oxygen atoms in total. The van der Waals surface area contributed by atoms with Crippen LogP contribution in [0, 0.1) is 5.92 Å². The minimum atomic E-state index is -1.12. The van der Waals surface area contributed by atoms with Crippen LogP contribution in [0.2, 0.25) is 5.02 Å². The highest BCUT2D eigenvalue weighted by Gasteiger charge is 2.49. The number of carbonyl (C=O) groups is 2. The minimum Gasteiger partial charge on any atom is -0.463 e. The molecule has 0 saturated heterocycles. The molecule has 5 rings (SSSR count). The fourth-order valence-electron chi connectivity index (χ4n) is 5.09. The summed E-state index contributed by atoms with van der Waals surface area (Å²) in [6, 6.07) is 10.8. The summed E-state index contributed by atoms with van der Waals surface area (Å²) >= 11 is 6.25. The molecule has 3 atom stereocenters. The van der Waals surface area contributed by atoms with Gasteiger partial charge in [-0.1, -0.05) is 37.4 Å². The Morgan fingerprint density at radius 1 is 1.23 bits per heavy atom. The third kappa shape index (κ3) is 3.24. The van der Waals surface area contributed by atoms with Crippen molar-refractivity contribution in [2.75, 3.05) is 4.90 Å². The second-order valence-corrected chi connectivity index (χ2v) is 9.46. The third-order valence-corrected chi connectivity index (χ3v) is 7.12. The molecule has 1 aliphatic carbocycles. The number of anilines is 1. The van der Waals surface area contributed by atoms with Crippen LogP contribution in [0.4, 0.5) is 5.69 Å². The molecular formula is C24H26ClN3O3. The molecule has 31 heavy (non-hydrogen) atoms. The number of halogens is 1. The molecule has 3 heterocycles. The first-order chi connectivity index (χ1) is 14.9. The second-order valence-electron chi connectivity index (χ2n) is 9.02. The van der Waals surface area contributed by atoms with Gasteiger partial charge in [0.1, 0.15) is 11.2 Å². The maximum absolute atomic E-state index is 13.8. The number of fused-ring (bicyclic) bond motifs is 3. The van der Waals surface area contributed by atoms with Gasteiger partial charge < -0.3 is 14.3 Å². The van der Waals surface area contributed by atoms with E-state index in [1.165, 1.54) is 6.42 Å². The van der Waals surface area contributed by atoms with Gasteiger partial charge in [0.25, 0.3) is 5.91 Å². The number of nitrogens with zero attached hydrogens (tertiary/aromatic N) is 2. The van der Waals surface area contributed by atoms with Crippen molar-refractivity contribution < 1.29 is 14.0 Å². The van der Waals surface area contributed by atoms with Gasteiger partial charge in [-0.05, 0) is 43.9 Å². The van der Waals surface area contributed by atoms with Gasteiger partial charge in [0.15, 0.2) is 5.58 Å². The fraction of sp³-hybridized carbons (Fsp3) is 0.417. The lowest BCUT2D eigenvalue weighted by Gasteiger charge is -2.45. The normalized spacial score (nSPS) is 26.2. The van der Waals surface area contributed by atoms with Gasteiger partial charge in [-0.3, -0.25) is 14.5 Å². The van der Waals surface area contributed by atoms with Crippen LogP contribution < -0.4 is 10.2 Å². The molecule has 1 saturated carbocycles. The SMILES string of the molecule is CC1CCCCC1NC(=O)C1(C)Cn2c(cc3occc32)C(=O)N1c1cccc(Cl)c1. The van der Waals surface area contributed by atoms with E-state index in [-0.39, 0.29) is 17.9 Å². The van der Waals surface area contributed by atoms with E-state index in [1.807, 2.05) is 23.6 Å². The van der Waals surface area contributed by atoms with E-state index in [0.29, 0.717) is 34.4 Å². The van der Waals surface area contributed by atoms with Crippen LogP contribution in [0.15, 0.2) is 47.1 Å². The number of nitrogens with one attached hydrogen (secondary N) is 1. The van der Waals surface area contributed by atoms with E-state index in [0.717, 1.165) is 24.8 Å². The number of hydrogen-bond acceptors (Lipinski definition) is 3. The summed E-state index contributed by atoms with van der Waals surface area (Å²) in [5, 5.41) is 3.79. The number of aromatic nitrogens is 1. The standard InChI is InChI=1S/C24H26ClN3O3/c1-15-6-3-4-9-18(15)26-23(30)24(2)14-27-19-10-11-31-21(19)13-20(27)22(29)28(24)17-8-5-7-16(25)12-17/h5,7-8,10-13,15,18H,3-4,6,9,14H2,1-2H3,(H,26,30). The Bertz CT molecular complexity index is 1170. The van der Waals surface area contributed by atoms with Crippen LogP contribution in [0.3, 0.4) is 0 Å². The average molecular weight is 440 g/mol. The van der Waals surface area contributed by atoms with E-state index in [4.69, 9.17) is 16.0 Å². The monoisotopic (exact) mass is 439 g/mol. The molecule has 0 spiro atoms. The molecule has 1 N–H and O–H groups in total. The van der Waals surface area contributed by atoms with Crippen LogP contribution >= 0.6 is 11.6 Å². The van der Waals surface area contributed by atoms with E-state index in [2.05, 4.69) is 12.2 Å². The summed E-state index contributed by atoms with van der Waals surface area (Å²) in [5.41, 5.74) is 1.45. The summed E-state index contributed by atoms with van der Waals surface area (Å²) in [7, 11) is 0. The second kappa shape index (κ2) is 7.45. The fourth-order valence-corrected chi connectivity index (χ4v) is 5.27. The number of benzene rings is 1. The van der Waals surface area contributed by atoms with E-state index in [1.54, 1.807) is 35.4 Å². The molecule has 0 radical (unpaired) electrons. The lowest BCUT2D eigenvalue weighted by Crippen LogP contribution is -2.65. The van der Waals surface area contributed by atoms with Gasteiger partial charge in [0, 0.05) is 28.9 Å². The Labute approximate surface area is 186 Å². The molecular weight excluding hydrogens is 414 g/mol. The highest BCUT2D eigenvalue weighted by Crippen LogP contribution is 2.37. The Kier molecular flexibility index (Phi) is 4.85. The Balaban J connectivity index is 1.60. The number of rotatable bonds is 3. The molecule has 3 unspecified atom stereocenters. The quantitative estimate of drug-likeness (QED) is 0.624. The van der Waals surface area contributed by atoms with Gasteiger partial charge in [-0.25, -0.2) is 0 Å². The van der Waals surface area contributed by atoms with Gasteiger partial charge in [0.05, 0.1) is 18.3 Å². The summed E-state index contributed by atoms with van der Waals surface area (Å²) in [6.07, 6.45) is 5.99. The zero-order valence-corrected chi connectivity index (χ0v) is 18.5. The average Bonchev–Trinajstić information content (AvgIpc) is 3.32. The van der Waals surface area contributed by atoms with Crippen molar-refractivity contribution in [2.24, 2.45) is 5.92 Å². The van der Waals surface area contributed by atoms with Crippen molar-refractivity contribution in [1.82, 2.24) is 9.88 Å². The third-order valence-electron chi connectivity index (χ3n) is 6.89. The van der Waals surface area contributed by atoms with Gasteiger partial charge in [-0.15, -0.1) is 0 Å². The number of amides is 2.